The number of amides is 1. The molecule has 0 aliphatic heterocycles. The number of nitrogens with zero attached hydrogens (tertiary/aromatic N) is 4. The van der Waals surface area contributed by atoms with Crippen LogP contribution in [0.4, 0.5) is 5.69 Å². The summed E-state index contributed by atoms with van der Waals surface area (Å²) in [6, 6.07) is 13.9. The number of aryl methyl sites for hydroxylation is 2. The fourth-order valence-corrected chi connectivity index (χ4v) is 4.16. The minimum Gasteiger partial charge on any atom is -0.384 e. The Balaban J connectivity index is 1.51. The third kappa shape index (κ3) is 5.34. The first kappa shape index (κ1) is 24.0. The Morgan fingerprint density at radius 2 is 1.83 bits per heavy atom. The third-order valence-electron chi connectivity index (χ3n) is 6.28. The SMILES string of the molecule is CC(=O)NCCc1nc(C)c(C)n1Cc1ccc2c(c1)nc(CNc1ccc(C(=N)N)cc1)n2C. The molecular formula is C26H32N8O. The maximum absolute atomic E-state index is 11.2. The minimum absolute atomic E-state index is 0.0319. The van der Waals surface area contributed by atoms with Gasteiger partial charge in [0.05, 0.1) is 23.3 Å². The van der Waals surface area contributed by atoms with E-state index in [0.717, 1.165) is 45.3 Å². The molecule has 2 heterocycles. The first-order valence-electron chi connectivity index (χ1n) is 11.6. The molecule has 4 aromatic rings. The summed E-state index contributed by atoms with van der Waals surface area (Å²) in [5.41, 5.74) is 12.5. The number of benzene rings is 2. The van der Waals surface area contributed by atoms with E-state index in [-0.39, 0.29) is 11.7 Å². The van der Waals surface area contributed by atoms with Crippen molar-refractivity contribution in [1.29, 1.82) is 5.41 Å². The van der Waals surface area contributed by atoms with E-state index in [1.54, 1.807) is 0 Å². The van der Waals surface area contributed by atoms with Crippen LogP contribution in [0.3, 0.4) is 0 Å². The number of carbonyl (C=O) groups excluding carboxylic acids is 1. The second-order valence-corrected chi connectivity index (χ2v) is 8.77. The highest BCUT2D eigenvalue weighted by Crippen LogP contribution is 2.21. The number of fused-ring (bicyclic) bond motifs is 1. The lowest BCUT2D eigenvalue weighted by molar-refractivity contribution is -0.118. The highest BCUT2D eigenvalue weighted by molar-refractivity contribution is 5.95. The minimum atomic E-state index is -0.0319. The van der Waals surface area contributed by atoms with Crippen LogP contribution < -0.4 is 16.4 Å². The van der Waals surface area contributed by atoms with Gasteiger partial charge in [0.1, 0.15) is 17.5 Å². The molecule has 0 aliphatic rings. The topological polar surface area (TPSA) is 127 Å². The fraction of sp³-hybridized carbons (Fsp3) is 0.308. The van der Waals surface area contributed by atoms with Crippen LogP contribution in [0.1, 0.15) is 41.1 Å². The van der Waals surface area contributed by atoms with Gasteiger partial charge in [0.15, 0.2) is 0 Å². The molecule has 0 spiro atoms. The lowest BCUT2D eigenvalue weighted by Gasteiger charge is -2.11. The number of hydrogen-bond acceptors (Lipinski definition) is 5. The van der Waals surface area contributed by atoms with Crippen LogP contribution in [0.5, 0.6) is 0 Å². The molecule has 9 heteroatoms. The number of nitrogen functional groups attached to an aromatic ring is 1. The highest BCUT2D eigenvalue weighted by atomic mass is 16.1. The Morgan fingerprint density at radius 1 is 1.09 bits per heavy atom. The smallest absolute Gasteiger partial charge is 0.216 e. The van der Waals surface area contributed by atoms with Crippen molar-refractivity contribution in [3.05, 3.63) is 76.6 Å². The Labute approximate surface area is 204 Å². The van der Waals surface area contributed by atoms with E-state index >= 15 is 0 Å². The largest absolute Gasteiger partial charge is 0.384 e. The number of anilines is 1. The van der Waals surface area contributed by atoms with Gasteiger partial charge in [0, 0.05) is 50.4 Å². The second kappa shape index (κ2) is 10.0. The van der Waals surface area contributed by atoms with Crippen LogP contribution in [-0.2, 0) is 31.4 Å². The summed E-state index contributed by atoms with van der Waals surface area (Å²) in [6.07, 6.45) is 0.684. The van der Waals surface area contributed by atoms with Crippen LogP contribution in [0.2, 0.25) is 0 Å². The number of nitrogens with two attached hydrogens (primary N) is 1. The molecule has 182 valence electrons. The normalized spacial score (nSPS) is 11.1. The maximum atomic E-state index is 11.2. The lowest BCUT2D eigenvalue weighted by Crippen LogP contribution is -2.23. The van der Waals surface area contributed by atoms with E-state index in [9.17, 15) is 4.79 Å². The molecule has 0 aliphatic carbocycles. The highest BCUT2D eigenvalue weighted by Gasteiger charge is 2.13. The predicted octanol–water partition coefficient (Wildman–Crippen LogP) is 3.01. The summed E-state index contributed by atoms with van der Waals surface area (Å²) in [5, 5.41) is 13.8. The van der Waals surface area contributed by atoms with Crippen molar-refractivity contribution in [1.82, 2.24) is 24.4 Å². The zero-order valence-corrected chi connectivity index (χ0v) is 20.6. The van der Waals surface area contributed by atoms with E-state index in [1.165, 1.54) is 6.92 Å². The molecule has 4 rings (SSSR count). The van der Waals surface area contributed by atoms with Crippen molar-refractivity contribution in [2.45, 2.75) is 40.3 Å². The van der Waals surface area contributed by atoms with Crippen molar-refractivity contribution in [2.75, 3.05) is 11.9 Å². The van der Waals surface area contributed by atoms with Gasteiger partial charge in [-0.15, -0.1) is 0 Å². The molecular weight excluding hydrogens is 440 g/mol. The number of imidazole rings is 2. The molecule has 2 aromatic heterocycles. The summed E-state index contributed by atoms with van der Waals surface area (Å²) >= 11 is 0. The average Bonchev–Trinajstić information content (AvgIpc) is 3.28. The van der Waals surface area contributed by atoms with Crippen molar-refractivity contribution < 1.29 is 4.79 Å². The molecule has 9 nitrogen and oxygen atoms in total. The van der Waals surface area contributed by atoms with Crippen molar-refractivity contribution in [2.24, 2.45) is 12.8 Å². The third-order valence-corrected chi connectivity index (χ3v) is 6.28. The molecule has 1 amide bonds. The van der Waals surface area contributed by atoms with Crippen molar-refractivity contribution in [3.8, 4) is 0 Å². The predicted molar refractivity (Wildman–Crippen MR) is 139 cm³/mol. The van der Waals surface area contributed by atoms with Crippen LogP contribution in [-0.4, -0.2) is 37.4 Å². The zero-order valence-electron chi connectivity index (χ0n) is 20.6. The van der Waals surface area contributed by atoms with Gasteiger partial charge in [-0.25, -0.2) is 9.97 Å². The van der Waals surface area contributed by atoms with Gasteiger partial charge >= 0.3 is 0 Å². The fourth-order valence-electron chi connectivity index (χ4n) is 4.16. The zero-order chi connectivity index (χ0) is 25.1. The number of rotatable bonds is 9. The molecule has 0 saturated heterocycles. The van der Waals surface area contributed by atoms with Crippen LogP contribution in [0.25, 0.3) is 11.0 Å². The first-order chi connectivity index (χ1) is 16.7. The van der Waals surface area contributed by atoms with E-state index in [0.29, 0.717) is 31.6 Å². The molecule has 0 unspecified atom stereocenters. The van der Waals surface area contributed by atoms with Gasteiger partial charge in [-0.05, 0) is 55.8 Å². The Hall–Kier alpha value is -4.14. The van der Waals surface area contributed by atoms with Gasteiger partial charge in [-0.3, -0.25) is 10.2 Å². The molecule has 5 N–H and O–H groups in total. The monoisotopic (exact) mass is 472 g/mol. The van der Waals surface area contributed by atoms with Gasteiger partial charge in [0.25, 0.3) is 0 Å². The summed E-state index contributed by atoms with van der Waals surface area (Å²) in [7, 11) is 2.02. The summed E-state index contributed by atoms with van der Waals surface area (Å²) < 4.78 is 4.32. The number of amidine groups is 1. The molecule has 0 atom stereocenters. The lowest BCUT2D eigenvalue weighted by atomic mass is 10.2. The first-order valence-corrected chi connectivity index (χ1v) is 11.6. The Bertz CT molecular complexity index is 1380. The number of aromatic nitrogens is 4. The maximum Gasteiger partial charge on any atom is 0.216 e. The Kier molecular flexibility index (Phi) is 6.86. The van der Waals surface area contributed by atoms with Gasteiger partial charge in [-0.2, -0.15) is 0 Å². The quantitative estimate of drug-likeness (QED) is 0.220. The van der Waals surface area contributed by atoms with E-state index < -0.39 is 0 Å². The van der Waals surface area contributed by atoms with Crippen molar-refractivity contribution in [3.63, 3.8) is 0 Å². The molecule has 0 fully saturated rings. The average molecular weight is 473 g/mol. The molecule has 0 saturated carbocycles. The van der Waals surface area contributed by atoms with Crippen LogP contribution in [0, 0.1) is 19.3 Å². The van der Waals surface area contributed by atoms with Gasteiger partial charge < -0.3 is 25.5 Å². The number of nitrogens with one attached hydrogen (secondary N) is 3. The van der Waals surface area contributed by atoms with Crippen LogP contribution in [0.15, 0.2) is 42.5 Å². The summed E-state index contributed by atoms with van der Waals surface area (Å²) in [4.78, 5) is 20.8. The van der Waals surface area contributed by atoms with E-state index in [4.69, 9.17) is 21.1 Å². The summed E-state index contributed by atoms with van der Waals surface area (Å²) in [6.45, 7) is 7.47. The second-order valence-electron chi connectivity index (χ2n) is 8.77. The molecule has 35 heavy (non-hydrogen) atoms. The number of hydrogen-bond donors (Lipinski definition) is 4. The van der Waals surface area contributed by atoms with Gasteiger partial charge in [0.2, 0.25) is 5.91 Å². The summed E-state index contributed by atoms with van der Waals surface area (Å²) in [5.74, 6) is 1.92. The standard InChI is InChI=1S/C26H32N8O/c1-16-17(2)34(24(31-16)11-12-29-18(3)35)15-19-5-10-23-22(13-19)32-25(33(23)4)14-30-21-8-6-20(7-9-21)26(27)28/h5-10,13,30H,11-12,14-15H2,1-4H3,(H3,27,28)(H,29,35). The van der Waals surface area contributed by atoms with Gasteiger partial charge in [-0.1, -0.05) is 6.07 Å². The molecule has 0 bridgehead atoms. The van der Waals surface area contributed by atoms with Crippen LogP contribution >= 0.6 is 0 Å². The molecule has 0 radical (unpaired) electrons. The van der Waals surface area contributed by atoms with Crippen molar-refractivity contribution >= 4 is 28.5 Å². The molecule has 2 aromatic carbocycles. The number of carbonyl (C=O) groups is 1. The van der Waals surface area contributed by atoms with E-state index in [1.807, 2.05) is 38.2 Å². The van der Waals surface area contributed by atoms with E-state index in [2.05, 4.69) is 44.9 Å². The Morgan fingerprint density at radius 3 is 2.51 bits per heavy atom.